The topological polar surface area (TPSA) is 78.7 Å². The van der Waals surface area contributed by atoms with E-state index in [1.54, 1.807) is 27.8 Å². The van der Waals surface area contributed by atoms with Gasteiger partial charge in [-0.05, 0) is 0 Å². The fourth-order valence-electron chi connectivity index (χ4n) is 2.80. The Morgan fingerprint density at radius 3 is 3.05 bits per heavy atom. The van der Waals surface area contributed by atoms with Crippen LogP contribution in [0.3, 0.4) is 0 Å². The molecule has 1 unspecified atom stereocenters. The number of hydrogen-bond acceptors (Lipinski definition) is 4. The van der Waals surface area contributed by atoms with Crippen LogP contribution in [0.15, 0.2) is 12.4 Å². The van der Waals surface area contributed by atoms with E-state index >= 15 is 0 Å². The van der Waals surface area contributed by atoms with Crippen LogP contribution in [0.1, 0.15) is 12.2 Å². The standard InChI is InChI=1S/C13H18N4O3S/c18-12(19)7-10-9-21-6-5-17(10)13(20)16-4-3-15-2-1-14-11(15)8-16/h1-2,10H,3-9H2,(H,18,19). The highest BCUT2D eigenvalue weighted by atomic mass is 32.2. The quantitative estimate of drug-likeness (QED) is 0.870. The van der Waals surface area contributed by atoms with E-state index in [0.717, 1.165) is 18.1 Å². The lowest BCUT2D eigenvalue weighted by molar-refractivity contribution is -0.138. The third kappa shape index (κ3) is 2.99. The van der Waals surface area contributed by atoms with E-state index in [4.69, 9.17) is 5.11 Å². The van der Waals surface area contributed by atoms with Crippen molar-refractivity contribution in [1.29, 1.82) is 0 Å². The van der Waals surface area contributed by atoms with Crippen molar-refractivity contribution >= 4 is 23.8 Å². The van der Waals surface area contributed by atoms with Gasteiger partial charge in [0.15, 0.2) is 0 Å². The Morgan fingerprint density at radius 1 is 1.38 bits per heavy atom. The number of hydrogen-bond donors (Lipinski definition) is 1. The average molecular weight is 310 g/mol. The second-order valence-electron chi connectivity index (χ2n) is 5.26. The first-order valence-corrected chi connectivity index (χ1v) is 8.15. The predicted molar refractivity (Wildman–Crippen MR) is 78.1 cm³/mol. The first-order chi connectivity index (χ1) is 10.1. The van der Waals surface area contributed by atoms with Crippen molar-refractivity contribution < 1.29 is 14.7 Å². The summed E-state index contributed by atoms with van der Waals surface area (Å²) in [6.07, 6.45) is 3.68. The molecule has 1 fully saturated rings. The lowest BCUT2D eigenvalue weighted by Crippen LogP contribution is -2.53. The summed E-state index contributed by atoms with van der Waals surface area (Å²) in [5.74, 6) is 1.59. The van der Waals surface area contributed by atoms with Gasteiger partial charge in [0.2, 0.25) is 0 Å². The van der Waals surface area contributed by atoms with Crippen molar-refractivity contribution in [2.75, 3.05) is 24.6 Å². The largest absolute Gasteiger partial charge is 0.481 e. The van der Waals surface area contributed by atoms with Gasteiger partial charge < -0.3 is 19.5 Å². The highest BCUT2D eigenvalue weighted by molar-refractivity contribution is 7.99. The molecule has 1 aromatic heterocycles. The normalized spacial score (nSPS) is 22.0. The molecule has 2 aliphatic heterocycles. The first kappa shape index (κ1) is 14.2. The fraction of sp³-hybridized carbons (Fsp3) is 0.615. The number of rotatable bonds is 2. The number of thioether (sulfide) groups is 1. The summed E-state index contributed by atoms with van der Waals surface area (Å²) in [5, 5.41) is 9.00. The molecule has 21 heavy (non-hydrogen) atoms. The van der Waals surface area contributed by atoms with Crippen LogP contribution in [0.2, 0.25) is 0 Å². The van der Waals surface area contributed by atoms with Crippen molar-refractivity contribution in [3.05, 3.63) is 18.2 Å². The van der Waals surface area contributed by atoms with Gasteiger partial charge in [0.25, 0.3) is 0 Å². The summed E-state index contributed by atoms with van der Waals surface area (Å²) in [6.45, 7) is 2.50. The Hall–Kier alpha value is -1.70. The summed E-state index contributed by atoms with van der Waals surface area (Å²) in [7, 11) is 0. The number of imidazole rings is 1. The van der Waals surface area contributed by atoms with Crippen molar-refractivity contribution in [3.8, 4) is 0 Å². The lowest BCUT2D eigenvalue weighted by atomic mass is 10.2. The van der Waals surface area contributed by atoms with Crippen LogP contribution in [0.4, 0.5) is 4.79 Å². The minimum atomic E-state index is -0.852. The summed E-state index contributed by atoms with van der Waals surface area (Å²) in [5.41, 5.74) is 0. The molecule has 0 aromatic carbocycles. The van der Waals surface area contributed by atoms with Gasteiger partial charge >= 0.3 is 12.0 Å². The molecule has 2 amide bonds. The molecule has 0 spiro atoms. The third-order valence-corrected chi connectivity index (χ3v) is 4.99. The summed E-state index contributed by atoms with van der Waals surface area (Å²) in [4.78, 5) is 31.4. The molecular formula is C13H18N4O3S. The Bertz CT molecular complexity index is 547. The number of carbonyl (C=O) groups excluding carboxylic acids is 1. The molecule has 0 aliphatic carbocycles. The molecule has 1 atom stereocenters. The zero-order chi connectivity index (χ0) is 14.8. The SMILES string of the molecule is O=C(O)CC1CSCCN1C(=O)N1CCn2ccnc2C1. The van der Waals surface area contributed by atoms with Crippen LogP contribution in [0, 0.1) is 0 Å². The molecule has 8 heteroatoms. The van der Waals surface area contributed by atoms with E-state index in [1.807, 2.05) is 10.8 Å². The van der Waals surface area contributed by atoms with Gasteiger partial charge in [0.1, 0.15) is 5.82 Å². The third-order valence-electron chi connectivity index (χ3n) is 3.90. The molecule has 0 bridgehead atoms. The summed E-state index contributed by atoms with van der Waals surface area (Å²) in [6, 6.07) is -0.272. The van der Waals surface area contributed by atoms with Crippen molar-refractivity contribution in [2.24, 2.45) is 0 Å². The number of urea groups is 1. The Labute approximate surface area is 126 Å². The number of aromatic nitrogens is 2. The van der Waals surface area contributed by atoms with Crippen molar-refractivity contribution in [3.63, 3.8) is 0 Å². The fourth-order valence-corrected chi connectivity index (χ4v) is 3.86. The second-order valence-corrected chi connectivity index (χ2v) is 6.41. The van der Waals surface area contributed by atoms with E-state index in [1.165, 1.54) is 0 Å². The number of aliphatic carboxylic acids is 1. The smallest absolute Gasteiger partial charge is 0.320 e. The van der Waals surface area contributed by atoms with Crippen LogP contribution in [-0.2, 0) is 17.9 Å². The van der Waals surface area contributed by atoms with Crippen LogP contribution in [-0.4, -0.2) is 67.1 Å². The maximum absolute atomic E-state index is 12.7. The molecule has 0 saturated carbocycles. The van der Waals surface area contributed by atoms with Crippen molar-refractivity contribution in [1.82, 2.24) is 19.4 Å². The Morgan fingerprint density at radius 2 is 2.24 bits per heavy atom. The van der Waals surface area contributed by atoms with Crippen LogP contribution in [0.25, 0.3) is 0 Å². The molecular weight excluding hydrogens is 292 g/mol. The zero-order valence-corrected chi connectivity index (χ0v) is 12.5. The highest BCUT2D eigenvalue weighted by Gasteiger charge is 2.33. The molecule has 3 rings (SSSR count). The molecule has 1 N–H and O–H groups in total. The van der Waals surface area contributed by atoms with E-state index in [2.05, 4.69) is 4.98 Å². The van der Waals surface area contributed by atoms with Gasteiger partial charge in [-0.15, -0.1) is 0 Å². The second kappa shape index (κ2) is 5.97. The minimum absolute atomic E-state index is 0.0151. The van der Waals surface area contributed by atoms with Gasteiger partial charge in [-0.1, -0.05) is 0 Å². The number of carboxylic acid groups (broad SMARTS) is 1. The Balaban J connectivity index is 1.70. The molecule has 7 nitrogen and oxygen atoms in total. The van der Waals surface area contributed by atoms with Crippen LogP contribution >= 0.6 is 11.8 Å². The highest BCUT2D eigenvalue weighted by Crippen LogP contribution is 2.22. The number of amides is 2. The number of fused-ring (bicyclic) bond motifs is 1. The molecule has 3 heterocycles. The summed E-state index contributed by atoms with van der Waals surface area (Å²) >= 11 is 1.71. The number of carbonyl (C=O) groups is 2. The van der Waals surface area contributed by atoms with Gasteiger partial charge in [0, 0.05) is 43.5 Å². The Kier molecular flexibility index (Phi) is 4.05. The maximum atomic E-state index is 12.7. The molecule has 1 saturated heterocycles. The number of carboxylic acids is 1. The molecule has 114 valence electrons. The van der Waals surface area contributed by atoms with E-state index in [-0.39, 0.29) is 18.5 Å². The van der Waals surface area contributed by atoms with E-state index in [9.17, 15) is 9.59 Å². The lowest BCUT2D eigenvalue weighted by Gasteiger charge is -2.39. The average Bonchev–Trinajstić information content (AvgIpc) is 2.94. The van der Waals surface area contributed by atoms with Gasteiger partial charge in [0.05, 0.1) is 19.0 Å². The minimum Gasteiger partial charge on any atom is -0.481 e. The van der Waals surface area contributed by atoms with E-state index < -0.39 is 5.97 Å². The number of nitrogens with zero attached hydrogens (tertiary/aromatic N) is 4. The van der Waals surface area contributed by atoms with Gasteiger partial charge in [-0.3, -0.25) is 4.79 Å². The zero-order valence-electron chi connectivity index (χ0n) is 11.6. The maximum Gasteiger partial charge on any atom is 0.320 e. The van der Waals surface area contributed by atoms with E-state index in [0.29, 0.717) is 25.4 Å². The van der Waals surface area contributed by atoms with Crippen LogP contribution < -0.4 is 0 Å². The first-order valence-electron chi connectivity index (χ1n) is 7.00. The predicted octanol–water partition coefficient (Wildman–Crippen LogP) is 0.711. The van der Waals surface area contributed by atoms with Gasteiger partial charge in [-0.2, -0.15) is 11.8 Å². The van der Waals surface area contributed by atoms with Crippen LogP contribution in [0.5, 0.6) is 0 Å². The van der Waals surface area contributed by atoms with Gasteiger partial charge in [-0.25, -0.2) is 9.78 Å². The van der Waals surface area contributed by atoms with Crippen molar-refractivity contribution in [2.45, 2.75) is 25.6 Å². The molecule has 2 aliphatic rings. The monoisotopic (exact) mass is 310 g/mol. The molecule has 1 aromatic rings. The molecule has 0 radical (unpaired) electrons. The summed E-state index contributed by atoms with van der Waals surface area (Å²) < 4.78 is 2.05.